The molecular weight excluding hydrogens is 384 g/mol. The molecule has 2 heterocycles. The van der Waals surface area contributed by atoms with Crippen LogP contribution in [0.5, 0.6) is 5.75 Å². The van der Waals surface area contributed by atoms with Crippen LogP contribution >= 0.6 is 0 Å². The van der Waals surface area contributed by atoms with Gasteiger partial charge in [-0.2, -0.15) is 0 Å². The van der Waals surface area contributed by atoms with Gasteiger partial charge in [0.15, 0.2) is 5.75 Å². The molecule has 8 nitrogen and oxygen atoms in total. The molecule has 1 aromatic heterocycles. The Bertz CT molecular complexity index is 888. The van der Waals surface area contributed by atoms with Crippen LogP contribution in [-0.4, -0.2) is 78.1 Å². The SMILES string of the molecule is CC1CN(CCO)C(=O)c2cccc(NC(=O)c3ccncc3)c2OC1CN(C)C. The van der Waals surface area contributed by atoms with Crippen molar-refractivity contribution in [1.82, 2.24) is 14.8 Å². The van der Waals surface area contributed by atoms with Crippen LogP contribution in [-0.2, 0) is 0 Å². The minimum atomic E-state index is -0.312. The molecule has 30 heavy (non-hydrogen) atoms. The second kappa shape index (κ2) is 9.69. The number of fused-ring (bicyclic) bond motifs is 1. The summed E-state index contributed by atoms with van der Waals surface area (Å²) >= 11 is 0. The van der Waals surface area contributed by atoms with Crippen molar-refractivity contribution in [1.29, 1.82) is 0 Å². The zero-order chi connectivity index (χ0) is 21.7. The highest BCUT2D eigenvalue weighted by atomic mass is 16.5. The van der Waals surface area contributed by atoms with Crippen LogP contribution in [0, 0.1) is 5.92 Å². The van der Waals surface area contributed by atoms with E-state index in [2.05, 4.69) is 10.3 Å². The average molecular weight is 412 g/mol. The van der Waals surface area contributed by atoms with E-state index in [0.29, 0.717) is 35.7 Å². The van der Waals surface area contributed by atoms with Gasteiger partial charge in [0.1, 0.15) is 6.10 Å². The number of nitrogens with zero attached hydrogens (tertiary/aromatic N) is 3. The van der Waals surface area contributed by atoms with E-state index in [0.717, 1.165) is 0 Å². The quantitative estimate of drug-likeness (QED) is 0.750. The van der Waals surface area contributed by atoms with Crippen LogP contribution in [0.1, 0.15) is 27.6 Å². The van der Waals surface area contributed by atoms with E-state index in [1.165, 1.54) is 0 Å². The van der Waals surface area contributed by atoms with Gasteiger partial charge in [0.2, 0.25) is 0 Å². The smallest absolute Gasteiger partial charge is 0.257 e. The summed E-state index contributed by atoms with van der Waals surface area (Å²) in [7, 11) is 3.92. The molecule has 0 bridgehead atoms. The number of anilines is 1. The number of carbonyl (C=O) groups is 2. The first kappa shape index (κ1) is 21.7. The van der Waals surface area contributed by atoms with Crippen LogP contribution in [0.15, 0.2) is 42.7 Å². The Hall–Kier alpha value is -2.97. The number of benzene rings is 1. The van der Waals surface area contributed by atoms with Gasteiger partial charge in [-0.05, 0) is 38.4 Å². The van der Waals surface area contributed by atoms with Crippen LogP contribution in [0.3, 0.4) is 0 Å². The van der Waals surface area contributed by atoms with E-state index in [-0.39, 0.29) is 37.0 Å². The second-order valence-corrected chi connectivity index (χ2v) is 7.74. The topological polar surface area (TPSA) is 95.0 Å². The van der Waals surface area contributed by atoms with Gasteiger partial charge in [-0.1, -0.05) is 13.0 Å². The molecule has 0 radical (unpaired) electrons. The summed E-state index contributed by atoms with van der Waals surface area (Å²) < 4.78 is 6.35. The Morgan fingerprint density at radius 1 is 1.30 bits per heavy atom. The fourth-order valence-corrected chi connectivity index (χ4v) is 3.51. The van der Waals surface area contributed by atoms with Gasteiger partial charge in [-0.3, -0.25) is 14.6 Å². The number of β-amino-alcohol motifs (C(OH)–C–C–N with tert-alkyl or cyclic N) is 1. The zero-order valence-corrected chi connectivity index (χ0v) is 17.5. The van der Waals surface area contributed by atoms with Crippen molar-refractivity contribution in [3.8, 4) is 5.75 Å². The number of nitrogens with one attached hydrogen (secondary N) is 1. The lowest BCUT2D eigenvalue weighted by Crippen LogP contribution is -2.46. The summed E-state index contributed by atoms with van der Waals surface area (Å²) in [6.45, 7) is 3.27. The third kappa shape index (κ3) is 4.95. The number of carbonyl (C=O) groups excluding carboxylic acids is 2. The van der Waals surface area contributed by atoms with Gasteiger partial charge in [0.25, 0.3) is 11.8 Å². The first-order valence-corrected chi connectivity index (χ1v) is 9.96. The number of hydrogen-bond acceptors (Lipinski definition) is 6. The summed E-state index contributed by atoms with van der Waals surface area (Å²) in [5.41, 5.74) is 1.26. The maximum Gasteiger partial charge on any atom is 0.257 e. The number of aliphatic hydroxyl groups excluding tert-OH is 1. The van der Waals surface area contributed by atoms with Crippen molar-refractivity contribution in [3.63, 3.8) is 0 Å². The molecule has 2 amide bonds. The van der Waals surface area contributed by atoms with Gasteiger partial charge in [-0.25, -0.2) is 0 Å². The molecule has 1 aromatic carbocycles. The van der Waals surface area contributed by atoms with Crippen LogP contribution in [0.2, 0.25) is 0 Å². The summed E-state index contributed by atoms with van der Waals surface area (Å²) in [5, 5.41) is 12.3. The molecule has 0 aliphatic carbocycles. The minimum absolute atomic E-state index is 0.0278. The van der Waals surface area contributed by atoms with E-state index in [1.54, 1.807) is 47.6 Å². The van der Waals surface area contributed by atoms with E-state index < -0.39 is 0 Å². The number of likely N-dealkylation sites (N-methyl/N-ethyl adjacent to an activating group) is 1. The lowest BCUT2D eigenvalue weighted by atomic mass is 10.00. The molecular formula is C22H28N4O4. The minimum Gasteiger partial charge on any atom is -0.486 e. The second-order valence-electron chi connectivity index (χ2n) is 7.74. The molecule has 2 aromatic rings. The van der Waals surface area contributed by atoms with Gasteiger partial charge in [0, 0.05) is 43.5 Å². The maximum absolute atomic E-state index is 13.2. The largest absolute Gasteiger partial charge is 0.486 e. The lowest BCUT2D eigenvalue weighted by molar-refractivity contribution is 0.0485. The Labute approximate surface area is 176 Å². The molecule has 1 aliphatic heterocycles. The van der Waals surface area contributed by atoms with Crippen molar-refractivity contribution in [2.45, 2.75) is 13.0 Å². The van der Waals surface area contributed by atoms with E-state index in [9.17, 15) is 14.7 Å². The fraction of sp³-hybridized carbons (Fsp3) is 0.409. The normalized spacial score (nSPS) is 19.0. The summed E-state index contributed by atoms with van der Waals surface area (Å²) in [4.78, 5) is 33.5. The summed E-state index contributed by atoms with van der Waals surface area (Å²) in [5.74, 6) is -0.159. The zero-order valence-electron chi connectivity index (χ0n) is 17.5. The van der Waals surface area contributed by atoms with E-state index in [1.807, 2.05) is 25.9 Å². The molecule has 2 unspecified atom stereocenters. The summed E-state index contributed by atoms with van der Waals surface area (Å²) in [6.07, 6.45) is 2.89. The van der Waals surface area contributed by atoms with Crippen molar-refractivity contribution < 1.29 is 19.4 Å². The van der Waals surface area contributed by atoms with Gasteiger partial charge in [-0.15, -0.1) is 0 Å². The first-order valence-electron chi connectivity index (χ1n) is 9.96. The van der Waals surface area contributed by atoms with Crippen LogP contribution in [0.4, 0.5) is 5.69 Å². The van der Waals surface area contributed by atoms with Gasteiger partial charge in [0.05, 0.1) is 17.9 Å². The predicted molar refractivity (Wildman–Crippen MR) is 114 cm³/mol. The molecule has 3 rings (SSSR count). The molecule has 0 saturated carbocycles. The fourth-order valence-electron chi connectivity index (χ4n) is 3.51. The standard InChI is InChI=1S/C22H28N4O4/c1-15-13-26(11-12-27)22(29)17-5-4-6-18(20(17)30-19(15)14-25(2)3)24-21(28)16-7-9-23-10-8-16/h4-10,15,19,27H,11-14H2,1-3H3,(H,24,28). The van der Waals surface area contributed by atoms with Crippen LogP contribution < -0.4 is 10.1 Å². The Morgan fingerprint density at radius 2 is 2.03 bits per heavy atom. The van der Waals surface area contributed by atoms with E-state index >= 15 is 0 Å². The lowest BCUT2D eigenvalue weighted by Gasteiger charge is -2.36. The number of aliphatic hydroxyl groups is 1. The van der Waals surface area contributed by atoms with Crippen molar-refractivity contribution in [2.24, 2.45) is 5.92 Å². The van der Waals surface area contributed by atoms with E-state index in [4.69, 9.17) is 4.74 Å². The Morgan fingerprint density at radius 3 is 2.70 bits per heavy atom. The Balaban J connectivity index is 2.01. The summed E-state index contributed by atoms with van der Waals surface area (Å²) in [6, 6.07) is 8.36. The molecule has 1 aliphatic rings. The van der Waals surface area contributed by atoms with Crippen molar-refractivity contribution in [2.75, 3.05) is 45.7 Å². The maximum atomic E-state index is 13.2. The van der Waals surface area contributed by atoms with Crippen LogP contribution in [0.25, 0.3) is 0 Å². The molecule has 2 N–H and O–H groups in total. The number of amides is 2. The average Bonchev–Trinajstić information content (AvgIpc) is 2.73. The molecule has 2 atom stereocenters. The highest BCUT2D eigenvalue weighted by molar-refractivity contribution is 6.07. The number of ether oxygens (including phenoxy) is 1. The highest BCUT2D eigenvalue weighted by Crippen LogP contribution is 2.34. The number of hydrogen-bond donors (Lipinski definition) is 2. The Kier molecular flexibility index (Phi) is 7.02. The molecule has 8 heteroatoms. The first-order chi connectivity index (χ1) is 14.4. The monoisotopic (exact) mass is 412 g/mol. The molecule has 0 fully saturated rings. The number of pyridine rings is 1. The molecule has 160 valence electrons. The van der Waals surface area contributed by atoms with Gasteiger partial charge < -0.3 is 25.0 Å². The molecule has 0 saturated heterocycles. The number of para-hydroxylation sites is 1. The van der Waals surface area contributed by atoms with Gasteiger partial charge >= 0.3 is 0 Å². The van der Waals surface area contributed by atoms with Crippen molar-refractivity contribution >= 4 is 17.5 Å². The molecule has 0 spiro atoms. The third-order valence-corrected chi connectivity index (χ3v) is 5.05. The third-order valence-electron chi connectivity index (χ3n) is 5.05. The number of rotatable bonds is 6. The van der Waals surface area contributed by atoms with Crippen molar-refractivity contribution in [3.05, 3.63) is 53.9 Å². The predicted octanol–water partition coefficient (Wildman–Crippen LogP) is 1.73. The highest BCUT2D eigenvalue weighted by Gasteiger charge is 2.32. The number of aromatic nitrogens is 1.